The number of hydrogen-bond acceptors (Lipinski definition) is 4. The van der Waals surface area contributed by atoms with Crippen LogP contribution >= 0.6 is 11.8 Å². The average Bonchev–Trinajstić information content (AvgIpc) is 2.30. The van der Waals surface area contributed by atoms with E-state index in [0.29, 0.717) is 12.3 Å². The molecule has 0 spiro atoms. The van der Waals surface area contributed by atoms with Crippen LogP contribution in [0.4, 0.5) is 0 Å². The van der Waals surface area contributed by atoms with Crippen molar-refractivity contribution >= 4 is 16.9 Å². The standard InChI is InChI=1S/C13H15NO2S/c1-10-12(7-8-13(14-10)16-3)6-4-5-9-17-11(2)15/h7-8H,5,9H2,1-3H3. The first-order chi connectivity index (χ1) is 8.13. The van der Waals surface area contributed by atoms with Crippen molar-refractivity contribution in [3.05, 3.63) is 23.4 Å². The SMILES string of the molecule is COc1ccc(C#CCCSC(C)=O)c(C)n1. The van der Waals surface area contributed by atoms with Crippen molar-refractivity contribution in [2.24, 2.45) is 0 Å². The van der Waals surface area contributed by atoms with Gasteiger partial charge in [-0.2, -0.15) is 0 Å². The third-order valence-corrected chi connectivity index (χ3v) is 2.84. The van der Waals surface area contributed by atoms with Crippen LogP contribution in [0.25, 0.3) is 0 Å². The molecular formula is C13H15NO2S. The van der Waals surface area contributed by atoms with E-state index in [2.05, 4.69) is 16.8 Å². The van der Waals surface area contributed by atoms with Gasteiger partial charge >= 0.3 is 0 Å². The Morgan fingerprint density at radius 3 is 2.88 bits per heavy atom. The molecular weight excluding hydrogens is 234 g/mol. The lowest BCUT2D eigenvalue weighted by Gasteiger charge is -2.01. The van der Waals surface area contributed by atoms with E-state index in [1.807, 2.05) is 13.0 Å². The number of nitrogens with zero attached hydrogens (tertiary/aromatic N) is 1. The average molecular weight is 249 g/mol. The molecule has 0 saturated carbocycles. The van der Waals surface area contributed by atoms with Gasteiger partial charge in [0.05, 0.1) is 12.8 Å². The maximum atomic E-state index is 10.7. The number of thioether (sulfide) groups is 1. The van der Waals surface area contributed by atoms with Gasteiger partial charge in [-0.3, -0.25) is 4.79 Å². The fourth-order valence-electron chi connectivity index (χ4n) is 1.19. The van der Waals surface area contributed by atoms with Crippen LogP contribution in [0.1, 0.15) is 24.6 Å². The molecule has 3 nitrogen and oxygen atoms in total. The zero-order valence-electron chi connectivity index (χ0n) is 10.2. The van der Waals surface area contributed by atoms with E-state index in [9.17, 15) is 4.79 Å². The summed E-state index contributed by atoms with van der Waals surface area (Å²) in [4.78, 5) is 14.9. The van der Waals surface area contributed by atoms with Crippen LogP contribution in [-0.2, 0) is 4.79 Å². The molecule has 0 radical (unpaired) electrons. The molecule has 1 heterocycles. The summed E-state index contributed by atoms with van der Waals surface area (Å²) in [5.74, 6) is 7.42. The molecule has 0 bridgehead atoms. The summed E-state index contributed by atoms with van der Waals surface area (Å²) in [6.45, 7) is 3.46. The number of aromatic nitrogens is 1. The Kier molecular flexibility index (Phi) is 5.58. The summed E-state index contributed by atoms with van der Waals surface area (Å²) in [6.07, 6.45) is 0.704. The van der Waals surface area contributed by atoms with E-state index in [1.165, 1.54) is 11.8 Å². The predicted molar refractivity (Wildman–Crippen MR) is 70.2 cm³/mol. The van der Waals surface area contributed by atoms with Crippen molar-refractivity contribution < 1.29 is 9.53 Å². The molecule has 4 heteroatoms. The lowest BCUT2D eigenvalue weighted by atomic mass is 10.2. The Labute approximate surface area is 106 Å². The number of methoxy groups -OCH3 is 1. The summed E-state index contributed by atoms with van der Waals surface area (Å²) in [7, 11) is 1.59. The monoisotopic (exact) mass is 249 g/mol. The lowest BCUT2D eigenvalue weighted by Crippen LogP contribution is -1.92. The lowest BCUT2D eigenvalue weighted by molar-refractivity contribution is -0.109. The largest absolute Gasteiger partial charge is 0.481 e. The van der Waals surface area contributed by atoms with Crippen LogP contribution in [0.2, 0.25) is 0 Å². The number of ether oxygens (including phenoxy) is 1. The minimum atomic E-state index is 0.133. The third-order valence-electron chi connectivity index (χ3n) is 2.02. The van der Waals surface area contributed by atoms with Crippen molar-refractivity contribution in [2.75, 3.05) is 12.9 Å². The fraction of sp³-hybridized carbons (Fsp3) is 0.385. The van der Waals surface area contributed by atoms with E-state index >= 15 is 0 Å². The number of carbonyl (C=O) groups is 1. The summed E-state index contributed by atoms with van der Waals surface area (Å²) in [5, 5.41) is 0.133. The maximum absolute atomic E-state index is 10.7. The highest BCUT2D eigenvalue weighted by atomic mass is 32.2. The van der Waals surface area contributed by atoms with Gasteiger partial charge in [-0.15, -0.1) is 0 Å². The van der Waals surface area contributed by atoms with Gasteiger partial charge in [0.25, 0.3) is 0 Å². The molecule has 1 rings (SSSR count). The summed E-state index contributed by atoms with van der Waals surface area (Å²) >= 11 is 1.30. The minimum Gasteiger partial charge on any atom is -0.481 e. The van der Waals surface area contributed by atoms with Crippen molar-refractivity contribution in [2.45, 2.75) is 20.3 Å². The van der Waals surface area contributed by atoms with Crippen LogP contribution < -0.4 is 4.74 Å². The molecule has 0 aliphatic carbocycles. The number of hydrogen-bond donors (Lipinski definition) is 0. The van der Waals surface area contributed by atoms with Gasteiger partial charge in [-0.25, -0.2) is 4.98 Å². The molecule has 0 aliphatic heterocycles. The quantitative estimate of drug-likeness (QED) is 0.609. The summed E-state index contributed by atoms with van der Waals surface area (Å²) < 4.78 is 5.02. The highest BCUT2D eigenvalue weighted by molar-refractivity contribution is 8.13. The normalized spacial score (nSPS) is 9.35. The fourth-order valence-corrected chi connectivity index (χ4v) is 1.68. The Hall–Kier alpha value is -1.47. The number of rotatable bonds is 3. The Morgan fingerprint density at radius 1 is 1.53 bits per heavy atom. The second kappa shape index (κ2) is 6.97. The first-order valence-electron chi connectivity index (χ1n) is 5.27. The van der Waals surface area contributed by atoms with E-state index in [0.717, 1.165) is 17.0 Å². The summed E-state index contributed by atoms with van der Waals surface area (Å²) in [5.41, 5.74) is 1.76. The van der Waals surface area contributed by atoms with Crippen molar-refractivity contribution in [1.29, 1.82) is 0 Å². The third kappa shape index (κ3) is 4.92. The molecule has 0 amide bonds. The predicted octanol–water partition coefficient (Wildman–Crippen LogP) is 2.42. The van der Waals surface area contributed by atoms with Crippen LogP contribution in [0.15, 0.2) is 12.1 Å². The minimum absolute atomic E-state index is 0.133. The van der Waals surface area contributed by atoms with Gasteiger partial charge in [-0.1, -0.05) is 23.6 Å². The van der Waals surface area contributed by atoms with E-state index < -0.39 is 0 Å². The first kappa shape index (κ1) is 13.6. The molecule has 0 saturated heterocycles. The maximum Gasteiger partial charge on any atom is 0.213 e. The first-order valence-corrected chi connectivity index (χ1v) is 6.26. The molecule has 1 aromatic heterocycles. The van der Waals surface area contributed by atoms with Crippen LogP contribution in [0.3, 0.4) is 0 Å². The highest BCUT2D eigenvalue weighted by Gasteiger charge is 1.98. The molecule has 0 unspecified atom stereocenters. The van der Waals surface area contributed by atoms with Gasteiger partial charge in [0.15, 0.2) is 5.12 Å². The van der Waals surface area contributed by atoms with Crippen molar-refractivity contribution in [3.8, 4) is 17.7 Å². The van der Waals surface area contributed by atoms with Gasteiger partial charge in [0.2, 0.25) is 5.88 Å². The van der Waals surface area contributed by atoms with Gasteiger partial charge in [-0.05, 0) is 13.0 Å². The second-order valence-electron chi connectivity index (χ2n) is 3.38. The van der Waals surface area contributed by atoms with Gasteiger partial charge in [0.1, 0.15) is 0 Å². The van der Waals surface area contributed by atoms with Crippen LogP contribution in [0, 0.1) is 18.8 Å². The number of carbonyl (C=O) groups excluding carboxylic acids is 1. The zero-order chi connectivity index (χ0) is 12.7. The Balaban J connectivity index is 2.57. The molecule has 90 valence electrons. The van der Waals surface area contributed by atoms with Crippen LogP contribution in [-0.4, -0.2) is 23.0 Å². The highest BCUT2D eigenvalue weighted by Crippen LogP contribution is 2.11. The molecule has 1 aromatic rings. The van der Waals surface area contributed by atoms with Gasteiger partial charge < -0.3 is 4.74 Å². The topological polar surface area (TPSA) is 39.2 Å². The van der Waals surface area contributed by atoms with Crippen LogP contribution in [0.5, 0.6) is 5.88 Å². The molecule has 0 aliphatic rings. The Bertz CT molecular complexity index is 460. The van der Waals surface area contributed by atoms with E-state index in [1.54, 1.807) is 20.1 Å². The van der Waals surface area contributed by atoms with E-state index in [-0.39, 0.29) is 5.12 Å². The molecule has 17 heavy (non-hydrogen) atoms. The molecule has 0 atom stereocenters. The number of pyridine rings is 1. The Morgan fingerprint density at radius 2 is 2.29 bits per heavy atom. The van der Waals surface area contributed by atoms with Gasteiger partial charge in [0, 0.05) is 30.7 Å². The number of aryl methyl sites for hydroxylation is 1. The van der Waals surface area contributed by atoms with E-state index in [4.69, 9.17) is 4.74 Å². The molecule has 0 N–H and O–H groups in total. The zero-order valence-corrected chi connectivity index (χ0v) is 11.1. The summed E-state index contributed by atoms with van der Waals surface area (Å²) in [6, 6.07) is 3.69. The van der Waals surface area contributed by atoms with Crippen molar-refractivity contribution in [1.82, 2.24) is 4.98 Å². The second-order valence-corrected chi connectivity index (χ2v) is 4.65. The molecule has 0 aromatic carbocycles. The van der Waals surface area contributed by atoms with Crippen molar-refractivity contribution in [3.63, 3.8) is 0 Å². The smallest absolute Gasteiger partial charge is 0.213 e. The molecule has 0 fully saturated rings.